The minimum absolute atomic E-state index is 0.0672. The standard InChI is InChI=1S/C27H18Cl3N3OS/c1-16-2-7-21(30)12-24(16)32-26(34)15-35-27-23(14-31)22(17-3-8-19(28)9-4-17)13-25(33-27)18-5-10-20(29)11-6-18/h2-13H,15H2,1H3,(H,32,34). The fraction of sp³-hybridized carbons (Fsp3) is 0.0741. The Bertz CT molecular complexity index is 1430. The highest BCUT2D eigenvalue weighted by molar-refractivity contribution is 8.00. The number of aryl methyl sites for hydroxylation is 1. The molecular weight excluding hydrogens is 521 g/mol. The van der Waals surface area contributed by atoms with Gasteiger partial charge in [-0.05, 0) is 60.5 Å². The number of nitrogens with zero attached hydrogens (tertiary/aromatic N) is 2. The van der Waals surface area contributed by atoms with Crippen molar-refractivity contribution in [2.45, 2.75) is 11.9 Å². The van der Waals surface area contributed by atoms with Crippen LogP contribution in [0.2, 0.25) is 15.1 Å². The molecule has 1 aromatic heterocycles. The number of pyridine rings is 1. The number of thioether (sulfide) groups is 1. The van der Waals surface area contributed by atoms with E-state index in [4.69, 9.17) is 39.8 Å². The molecule has 35 heavy (non-hydrogen) atoms. The van der Waals surface area contributed by atoms with Crippen LogP contribution >= 0.6 is 46.6 Å². The molecule has 1 N–H and O–H groups in total. The van der Waals surface area contributed by atoms with E-state index in [1.54, 1.807) is 36.4 Å². The van der Waals surface area contributed by atoms with Crippen LogP contribution in [0.3, 0.4) is 0 Å². The van der Waals surface area contributed by atoms with E-state index in [1.165, 1.54) is 11.8 Å². The number of rotatable bonds is 6. The molecule has 0 unspecified atom stereocenters. The van der Waals surface area contributed by atoms with Gasteiger partial charge in [-0.25, -0.2) is 4.98 Å². The average Bonchev–Trinajstić information content (AvgIpc) is 2.85. The van der Waals surface area contributed by atoms with Crippen LogP contribution in [0.1, 0.15) is 11.1 Å². The van der Waals surface area contributed by atoms with E-state index in [0.29, 0.717) is 42.6 Å². The zero-order valence-corrected chi connectivity index (χ0v) is 21.6. The third kappa shape index (κ3) is 6.17. The van der Waals surface area contributed by atoms with Gasteiger partial charge in [0.25, 0.3) is 0 Å². The van der Waals surface area contributed by atoms with Crippen molar-refractivity contribution in [1.82, 2.24) is 4.98 Å². The molecule has 1 amide bonds. The molecule has 0 aliphatic heterocycles. The number of carbonyl (C=O) groups excluding carboxylic acids is 1. The maximum atomic E-state index is 12.7. The third-order valence-electron chi connectivity index (χ3n) is 5.21. The summed E-state index contributed by atoms with van der Waals surface area (Å²) in [6.45, 7) is 1.89. The number of benzene rings is 3. The Kier molecular flexibility index (Phi) is 8.00. The monoisotopic (exact) mass is 537 g/mol. The Morgan fingerprint density at radius 1 is 0.914 bits per heavy atom. The van der Waals surface area contributed by atoms with E-state index in [9.17, 15) is 10.1 Å². The predicted octanol–water partition coefficient (Wildman–Crippen LogP) is 8.29. The molecule has 8 heteroatoms. The van der Waals surface area contributed by atoms with Crippen LogP contribution in [0, 0.1) is 18.3 Å². The molecule has 0 aliphatic carbocycles. The van der Waals surface area contributed by atoms with E-state index in [1.807, 2.05) is 43.3 Å². The highest BCUT2D eigenvalue weighted by atomic mass is 35.5. The van der Waals surface area contributed by atoms with Crippen LogP contribution in [0.4, 0.5) is 5.69 Å². The molecule has 3 aromatic carbocycles. The quantitative estimate of drug-likeness (QED) is 0.251. The summed E-state index contributed by atoms with van der Waals surface area (Å²) in [5, 5.41) is 15.1. The summed E-state index contributed by atoms with van der Waals surface area (Å²) in [5.74, 6) is -0.159. The van der Waals surface area contributed by atoms with Gasteiger partial charge in [0.15, 0.2) is 0 Å². The molecule has 4 nitrogen and oxygen atoms in total. The highest BCUT2D eigenvalue weighted by Crippen LogP contribution is 2.35. The van der Waals surface area contributed by atoms with E-state index >= 15 is 0 Å². The number of halogens is 3. The van der Waals surface area contributed by atoms with Crippen LogP contribution in [-0.2, 0) is 4.79 Å². The van der Waals surface area contributed by atoms with Crippen molar-refractivity contribution in [2.24, 2.45) is 0 Å². The van der Waals surface area contributed by atoms with Gasteiger partial charge >= 0.3 is 0 Å². The third-order valence-corrected chi connectivity index (χ3v) is 6.92. The normalized spacial score (nSPS) is 10.6. The molecule has 1 heterocycles. The number of amides is 1. The van der Waals surface area contributed by atoms with Gasteiger partial charge in [0, 0.05) is 31.9 Å². The summed E-state index contributed by atoms with van der Waals surface area (Å²) in [5.41, 5.74) is 4.98. The van der Waals surface area contributed by atoms with E-state index in [0.717, 1.165) is 16.7 Å². The van der Waals surface area contributed by atoms with Gasteiger partial charge in [0.1, 0.15) is 11.1 Å². The molecule has 4 aromatic rings. The first-order valence-electron chi connectivity index (χ1n) is 10.5. The van der Waals surface area contributed by atoms with Crippen LogP contribution in [0.5, 0.6) is 0 Å². The number of hydrogen-bond donors (Lipinski definition) is 1. The van der Waals surface area contributed by atoms with E-state index < -0.39 is 0 Å². The molecule has 0 saturated carbocycles. The van der Waals surface area contributed by atoms with Gasteiger partial charge in [-0.3, -0.25) is 4.79 Å². The van der Waals surface area contributed by atoms with Gasteiger partial charge in [-0.2, -0.15) is 5.26 Å². The van der Waals surface area contributed by atoms with Crippen molar-refractivity contribution in [3.05, 3.63) is 99.0 Å². The van der Waals surface area contributed by atoms with Crippen molar-refractivity contribution in [3.8, 4) is 28.5 Å². The second-order valence-corrected chi connectivity index (χ2v) is 9.93. The Morgan fingerprint density at radius 3 is 2.14 bits per heavy atom. The zero-order chi connectivity index (χ0) is 24.9. The van der Waals surface area contributed by atoms with Crippen molar-refractivity contribution < 1.29 is 4.79 Å². The van der Waals surface area contributed by atoms with Gasteiger partial charge in [-0.1, -0.05) is 76.9 Å². The maximum absolute atomic E-state index is 12.7. The smallest absolute Gasteiger partial charge is 0.234 e. The highest BCUT2D eigenvalue weighted by Gasteiger charge is 2.17. The SMILES string of the molecule is Cc1ccc(Cl)cc1NC(=O)CSc1nc(-c2ccc(Cl)cc2)cc(-c2ccc(Cl)cc2)c1C#N. The van der Waals surface area contributed by atoms with Gasteiger partial charge in [-0.15, -0.1) is 0 Å². The Labute approximate surface area is 222 Å². The number of carbonyl (C=O) groups is 1. The van der Waals surface area contributed by atoms with Gasteiger partial charge in [0.05, 0.1) is 17.0 Å². The van der Waals surface area contributed by atoms with Crippen LogP contribution < -0.4 is 5.32 Å². The lowest BCUT2D eigenvalue weighted by molar-refractivity contribution is -0.113. The summed E-state index contributed by atoms with van der Waals surface area (Å²) in [6.07, 6.45) is 0. The second-order valence-electron chi connectivity index (χ2n) is 7.66. The number of nitrogens with one attached hydrogen (secondary N) is 1. The van der Waals surface area contributed by atoms with Gasteiger partial charge in [0.2, 0.25) is 5.91 Å². The molecule has 0 fully saturated rings. The summed E-state index contributed by atoms with van der Waals surface area (Å²) in [4.78, 5) is 17.4. The van der Waals surface area contributed by atoms with Crippen molar-refractivity contribution in [2.75, 3.05) is 11.1 Å². The summed E-state index contributed by atoms with van der Waals surface area (Å²) in [6, 6.07) is 24.0. The fourth-order valence-electron chi connectivity index (χ4n) is 3.41. The summed E-state index contributed by atoms with van der Waals surface area (Å²) in [7, 11) is 0. The number of anilines is 1. The van der Waals surface area contributed by atoms with E-state index in [-0.39, 0.29) is 11.7 Å². The lowest BCUT2D eigenvalue weighted by Crippen LogP contribution is -2.15. The molecular formula is C27H18Cl3N3OS. The number of nitriles is 1. The molecule has 4 rings (SSSR count). The van der Waals surface area contributed by atoms with E-state index in [2.05, 4.69) is 11.4 Å². The first kappa shape index (κ1) is 25.1. The second kappa shape index (κ2) is 11.2. The molecule has 0 saturated heterocycles. The van der Waals surface area contributed by atoms with Gasteiger partial charge < -0.3 is 5.32 Å². The van der Waals surface area contributed by atoms with Crippen LogP contribution in [0.15, 0.2) is 77.8 Å². The van der Waals surface area contributed by atoms with Crippen molar-refractivity contribution >= 4 is 58.2 Å². The average molecular weight is 539 g/mol. The maximum Gasteiger partial charge on any atom is 0.234 e. The molecule has 174 valence electrons. The number of aromatic nitrogens is 1. The molecule has 0 radical (unpaired) electrons. The Hall–Kier alpha value is -3.01. The lowest BCUT2D eigenvalue weighted by Gasteiger charge is -2.13. The molecule has 0 bridgehead atoms. The Balaban J connectivity index is 1.69. The Morgan fingerprint density at radius 2 is 1.51 bits per heavy atom. The molecule has 0 aliphatic rings. The van der Waals surface area contributed by atoms with Crippen molar-refractivity contribution in [1.29, 1.82) is 5.26 Å². The molecule has 0 atom stereocenters. The van der Waals surface area contributed by atoms with Crippen LogP contribution in [-0.4, -0.2) is 16.6 Å². The first-order chi connectivity index (χ1) is 16.8. The minimum Gasteiger partial charge on any atom is -0.325 e. The minimum atomic E-state index is -0.226. The zero-order valence-electron chi connectivity index (χ0n) is 18.5. The lowest BCUT2D eigenvalue weighted by atomic mass is 9.99. The first-order valence-corrected chi connectivity index (χ1v) is 12.6. The summed E-state index contributed by atoms with van der Waals surface area (Å²) >= 11 is 19.4. The summed E-state index contributed by atoms with van der Waals surface area (Å²) < 4.78 is 0. The van der Waals surface area contributed by atoms with Crippen LogP contribution in [0.25, 0.3) is 22.4 Å². The topological polar surface area (TPSA) is 65.8 Å². The molecule has 0 spiro atoms. The van der Waals surface area contributed by atoms with Crippen molar-refractivity contribution in [3.63, 3.8) is 0 Å². The predicted molar refractivity (Wildman–Crippen MR) is 145 cm³/mol. The number of hydrogen-bond acceptors (Lipinski definition) is 4. The fourth-order valence-corrected chi connectivity index (χ4v) is 4.64. The largest absolute Gasteiger partial charge is 0.325 e.